The van der Waals surface area contributed by atoms with Gasteiger partial charge in [-0.25, -0.2) is 4.98 Å². The molecule has 7 aromatic rings. The number of hydrogen-bond donors (Lipinski definition) is 1. The van der Waals surface area contributed by atoms with Gasteiger partial charge in [0.1, 0.15) is 0 Å². The van der Waals surface area contributed by atoms with Crippen molar-refractivity contribution < 1.29 is 0 Å². The second-order valence-electron chi connectivity index (χ2n) is 14.1. The van der Waals surface area contributed by atoms with Gasteiger partial charge in [-0.05, 0) is 93.2 Å². The van der Waals surface area contributed by atoms with Gasteiger partial charge in [0.05, 0.1) is 28.1 Å². The van der Waals surface area contributed by atoms with Crippen LogP contribution in [0.15, 0.2) is 121 Å². The van der Waals surface area contributed by atoms with E-state index >= 15 is 0 Å². The first kappa shape index (κ1) is 28.7. The SMILES string of the molecule is CC(C)(C)c1cc(-c2cccc(-c3ccccc3)c2)c2[nH]c3c(-c4cccc(-c5ccccn5)n4)cc(C(C)(C)C)cc3c2c1. The van der Waals surface area contributed by atoms with E-state index in [0.29, 0.717) is 0 Å². The smallest absolute Gasteiger partial charge is 0.0893 e. The first-order chi connectivity index (χ1) is 21.6. The summed E-state index contributed by atoms with van der Waals surface area (Å²) >= 11 is 0. The summed E-state index contributed by atoms with van der Waals surface area (Å²) < 4.78 is 0. The fourth-order valence-corrected chi connectivity index (χ4v) is 6.14. The maximum absolute atomic E-state index is 5.16. The lowest BCUT2D eigenvalue weighted by Gasteiger charge is -2.22. The van der Waals surface area contributed by atoms with Gasteiger partial charge in [-0.2, -0.15) is 0 Å². The van der Waals surface area contributed by atoms with Crippen LogP contribution in [0.5, 0.6) is 0 Å². The summed E-state index contributed by atoms with van der Waals surface area (Å²) in [5.74, 6) is 0. The van der Waals surface area contributed by atoms with E-state index in [2.05, 4.69) is 143 Å². The lowest BCUT2D eigenvalue weighted by molar-refractivity contribution is 0.590. The van der Waals surface area contributed by atoms with E-state index in [1.54, 1.807) is 0 Å². The lowest BCUT2D eigenvalue weighted by Crippen LogP contribution is -2.11. The first-order valence-electron chi connectivity index (χ1n) is 15.8. The van der Waals surface area contributed by atoms with Crippen LogP contribution in [0.3, 0.4) is 0 Å². The van der Waals surface area contributed by atoms with Crippen molar-refractivity contribution in [3.05, 3.63) is 133 Å². The third kappa shape index (κ3) is 5.44. The van der Waals surface area contributed by atoms with Crippen molar-refractivity contribution in [3.8, 4) is 44.9 Å². The predicted molar refractivity (Wildman–Crippen MR) is 191 cm³/mol. The molecule has 0 radical (unpaired) electrons. The molecule has 0 aliphatic heterocycles. The van der Waals surface area contributed by atoms with Crippen LogP contribution >= 0.6 is 0 Å². The molecule has 3 nitrogen and oxygen atoms in total. The molecule has 7 rings (SSSR count). The van der Waals surface area contributed by atoms with Crippen LogP contribution in [0, 0.1) is 0 Å². The number of rotatable bonds is 4. The molecule has 0 saturated heterocycles. The normalized spacial score (nSPS) is 12.2. The molecule has 45 heavy (non-hydrogen) atoms. The summed E-state index contributed by atoms with van der Waals surface area (Å²) in [6, 6.07) is 41.2. The average molecular weight is 586 g/mol. The molecule has 0 bridgehead atoms. The molecule has 3 heteroatoms. The molecule has 3 heterocycles. The Bertz CT molecular complexity index is 2000. The molecule has 0 spiro atoms. The quantitative estimate of drug-likeness (QED) is 0.223. The number of H-pyrrole nitrogens is 1. The molecule has 0 aliphatic carbocycles. The van der Waals surface area contributed by atoms with Gasteiger partial charge in [0.2, 0.25) is 0 Å². The minimum absolute atomic E-state index is 0.0212. The standard InChI is InChI=1S/C42H39N3/c1-41(2,3)30-23-32(29-17-12-16-28(22-29)27-14-8-7-9-15-27)39-33(24-30)34-25-31(42(4,5)6)26-35(40(34)45-39)36-19-13-20-38(44-36)37-18-10-11-21-43-37/h7-26,45H,1-6H3. The summed E-state index contributed by atoms with van der Waals surface area (Å²) in [7, 11) is 0. The largest absolute Gasteiger partial charge is 0.353 e. The summed E-state index contributed by atoms with van der Waals surface area (Å²) in [6.45, 7) is 13.7. The van der Waals surface area contributed by atoms with Gasteiger partial charge >= 0.3 is 0 Å². The van der Waals surface area contributed by atoms with Gasteiger partial charge in [-0.1, -0.05) is 102 Å². The first-order valence-corrected chi connectivity index (χ1v) is 15.8. The number of hydrogen-bond acceptors (Lipinski definition) is 2. The predicted octanol–water partition coefficient (Wildman–Crippen LogP) is 11.4. The molecule has 222 valence electrons. The van der Waals surface area contributed by atoms with Crippen molar-refractivity contribution in [3.63, 3.8) is 0 Å². The van der Waals surface area contributed by atoms with Crippen molar-refractivity contribution in [2.45, 2.75) is 52.4 Å². The van der Waals surface area contributed by atoms with Gasteiger partial charge in [0.25, 0.3) is 0 Å². The van der Waals surface area contributed by atoms with Crippen molar-refractivity contribution in [1.82, 2.24) is 15.0 Å². The second-order valence-corrected chi connectivity index (χ2v) is 14.1. The van der Waals surface area contributed by atoms with Crippen LogP contribution in [0.1, 0.15) is 52.7 Å². The van der Waals surface area contributed by atoms with E-state index in [1.807, 2.05) is 30.5 Å². The lowest BCUT2D eigenvalue weighted by atomic mass is 9.82. The number of fused-ring (bicyclic) bond motifs is 3. The van der Waals surface area contributed by atoms with Crippen molar-refractivity contribution in [2.24, 2.45) is 0 Å². The number of aromatic nitrogens is 3. The zero-order valence-corrected chi connectivity index (χ0v) is 26.9. The fourth-order valence-electron chi connectivity index (χ4n) is 6.14. The highest BCUT2D eigenvalue weighted by Gasteiger charge is 2.23. The molecule has 0 saturated carbocycles. The van der Waals surface area contributed by atoms with Gasteiger partial charge < -0.3 is 4.98 Å². The highest BCUT2D eigenvalue weighted by atomic mass is 14.8. The van der Waals surface area contributed by atoms with Crippen molar-refractivity contribution >= 4 is 21.8 Å². The van der Waals surface area contributed by atoms with Crippen LogP contribution in [0.4, 0.5) is 0 Å². The van der Waals surface area contributed by atoms with Crippen LogP contribution in [0.2, 0.25) is 0 Å². The second kappa shape index (κ2) is 10.9. The fraction of sp³-hybridized carbons (Fsp3) is 0.190. The van der Waals surface area contributed by atoms with Crippen molar-refractivity contribution in [2.75, 3.05) is 0 Å². The van der Waals surface area contributed by atoms with Crippen LogP contribution in [-0.4, -0.2) is 15.0 Å². The molecule has 4 aromatic carbocycles. The maximum atomic E-state index is 5.16. The third-order valence-electron chi connectivity index (χ3n) is 8.78. The molecule has 0 atom stereocenters. The number of benzene rings is 4. The monoisotopic (exact) mass is 585 g/mol. The molecule has 0 amide bonds. The Labute approximate surface area is 266 Å². The zero-order valence-electron chi connectivity index (χ0n) is 26.9. The number of nitrogens with one attached hydrogen (secondary N) is 1. The third-order valence-corrected chi connectivity index (χ3v) is 8.78. The Balaban J connectivity index is 1.53. The summed E-state index contributed by atoms with van der Waals surface area (Å²) in [6.07, 6.45) is 1.82. The van der Waals surface area contributed by atoms with E-state index in [0.717, 1.165) is 33.7 Å². The van der Waals surface area contributed by atoms with Crippen LogP contribution in [0.25, 0.3) is 66.7 Å². The Morgan fingerprint density at radius 1 is 0.467 bits per heavy atom. The molecule has 0 aliphatic rings. The van der Waals surface area contributed by atoms with Gasteiger partial charge in [-0.15, -0.1) is 0 Å². The van der Waals surface area contributed by atoms with Crippen LogP contribution < -0.4 is 0 Å². The van der Waals surface area contributed by atoms with E-state index in [9.17, 15) is 0 Å². The highest BCUT2D eigenvalue weighted by molar-refractivity contribution is 6.16. The Morgan fingerprint density at radius 3 is 1.69 bits per heavy atom. The Kier molecular flexibility index (Phi) is 6.93. The van der Waals surface area contributed by atoms with E-state index < -0.39 is 0 Å². The molecular formula is C42H39N3. The zero-order chi connectivity index (χ0) is 31.3. The number of pyridine rings is 2. The average Bonchev–Trinajstić information content (AvgIpc) is 3.43. The van der Waals surface area contributed by atoms with E-state index in [-0.39, 0.29) is 10.8 Å². The van der Waals surface area contributed by atoms with Gasteiger partial charge in [0, 0.05) is 28.1 Å². The van der Waals surface area contributed by atoms with Crippen molar-refractivity contribution in [1.29, 1.82) is 0 Å². The molecule has 0 unspecified atom stereocenters. The number of aromatic amines is 1. The molecule has 0 fully saturated rings. The van der Waals surface area contributed by atoms with E-state index in [4.69, 9.17) is 4.98 Å². The summed E-state index contributed by atoms with van der Waals surface area (Å²) in [5.41, 5.74) is 13.4. The van der Waals surface area contributed by atoms with Gasteiger partial charge in [0.15, 0.2) is 0 Å². The maximum Gasteiger partial charge on any atom is 0.0893 e. The van der Waals surface area contributed by atoms with Crippen LogP contribution in [-0.2, 0) is 10.8 Å². The highest BCUT2D eigenvalue weighted by Crippen LogP contribution is 2.43. The van der Waals surface area contributed by atoms with E-state index in [1.165, 1.54) is 44.2 Å². The number of nitrogens with zero attached hydrogens (tertiary/aromatic N) is 2. The summed E-state index contributed by atoms with van der Waals surface area (Å²) in [4.78, 5) is 13.7. The molecule has 1 N–H and O–H groups in total. The molecular weight excluding hydrogens is 546 g/mol. The minimum Gasteiger partial charge on any atom is -0.353 e. The molecule has 3 aromatic heterocycles. The summed E-state index contributed by atoms with van der Waals surface area (Å²) in [5, 5.41) is 2.47. The minimum atomic E-state index is -0.0421. The Morgan fingerprint density at radius 2 is 1.02 bits per heavy atom. The van der Waals surface area contributed by atoms with Gasteiger partial charge in [-0.3, -0.25) is 4.98 Å². The topological polar surface area (TPSA) is 41.6 Å². The Hall–Kier alpha value is -5.02.